The van der Waals surface area contributed by atoms with Crippen molar-refractivity contribution >= 4 is 17.8 Å². The lowest BCUT2D eigenvalue weighted by molar-refractivity contribution is -0.169. The Hall–Kier alpha value is -1.73. The third-order valence-electron chi connectivity index (χ3n) is 12.2. The summed E-state index contributed by atoms with van der Waals surface area (Å²) in [7, 11) is 0. The zero-order valence-electron chi connectivity index (χ0n) is 22.0. The van der Waals surface area contributed by atoms with Crippen molar-refractivity contribution in [3.05, 3.63) is 12.7 Å². The number of piperidine rings is 1. The van der Waals surface area contributed by atoms with Gasteiger partial charge in [0.05, 0.1) is 12.0 Å². The van der Waals surface area contributed by atoms with Crippen LogP contribution in [-0.4, -0.2) is 59.6 Å². The minimum absolute atomic E-state index is 0.00628. The predicted molar refractivity (Wildman–Crippen MR) is 134 cm³/mol. The molecule has 4 bridgehead atoms. The van der Waals surface area contributed by atoms with Gasteiger partial charge in [-0.2, -0.15) is 0 Å². The first-order valence-electron chi connectivity index (χ1n) is 14.1. The van der Waals surface area contributed by atoms with Crippen LogP contribution in [0, 0.1) is 51.8 Å². The third kappa shape index (κ3) is 3.20. The monoisotopic (exact) mass is 498 g/mol. The number of nitrogens with one attached hydrogen (secondary N) is 1. The number of nitrogens with zero attached hydrogens (tertiary/aromatic N) is 1. The molecule has 4 unspecified atom stereocenters. The molecule has 2 heterocycles. The molecule has 36 heavy (non-hydrogen) atoms. The van der Waals surface area contributed by atoms with E-state index in [1.54, 1.807) is 0 Å². The van der Waals surface area contributed by atoms with E-state index in [9.17, 15) is 19.5 Å². The molecular weight excluding hydrogens is 456 g/mol. The van der Waals surface area contributed by atoms with Crippen LogP contribution < -0.4 is 5.32 Å². The Morgan fingerprint density at radius 3 is 2.69 bits per heavy atom. The number of alkyl carbamates (subject to hydrolysis) is 1. The second-order valence-corrected chi connectivity index (χ2v) is 13.5. The van der Waals surface area contributed by atoms with E-state index in [0.29, 0.717) is 31.2 Å². The van der Waals surface area contributed by atoms with E-state index in [1.165, 1.54) is 0 Å². The molecule has 0 aromatic carbocycles. The highest BCUT2D eigenvalue weighted by Crippen LogP contribution is 2.77. The van der Waals surface area contributed by atoms with Crippen LogP contribution in [0.5, 0.6) is 0 Å². The van der Waals surface area contributed by atoms with E-state index >= 15 is 0 Å². The Kier molecular flexibility index (Phi) is 5.56. The number of ketones is 1. The maximum atomic E-state index is 13.5. The van der Waals surface area contributed by atoms with Gasteiger partial charge >= 0.3 is 6.09 Å². The minimum atomic E-state index is -0.693. The summed E-state index contributed by atoms with van der Waals surface area (Å²) in [6.07, 6.45) is 5.68. The van der Waals surface area contributed by atoms with E-state index in [0.717, 1.165) is 45.2 Å². The van der Waals surface area contributed by atoms with Crippen molar-refractivity contribution in [2.75, 3.05) is 19.6 Å². The molecule has 1 spiro atoms. The molecule has 0 radical (unpaired) electrons. The molecule has 0 aromatic heterocycles. The molecule has 4 saturated carbocycles. The van der Waals surface area contributed by atoms with Gasteiger partial charge in [0.15, 0.2) is 0 Å². The molecule has 4 aliphatic carbocycles. The summed E-state index contributed by atoms with van der Waals surface area (Å²) in [5, 5.41) is 14.4. The first-order valence-corrected chi connectivity index (χ1v) is 14.1. The number of aliphatic hydroxyl groups excluding tert-OH is 1. The topological polar surface area (TPSA) is 95.9 Å². The summed E-state index contributed by atoms with van der Waals surface area (Å²) in [6.45, 7) is 13.0. The average molecular weight is 499 g/mol. The van der Waals surface area contributed by atoms with Gasteiger partial charge in [-0.1, -0.05) is 26.8 Å². The van der Waals surface area contributed by atoms with Crippen LogP contribution in [0.3, 0.4) is 0 Å². The van der Waals surface area contributed by atoms with Gasteiger partial charge in [0.25, 0.3) is 0 Å². The Morgan fingerprint density at radius 2 is 2.03 bits per heavy atom. The number of Topliss-reactive ketones (excluding diaryl/α,β-unsaturated/α-hetero) is 1. The summed E-state index contributed by atoms with van der Waals surface area (Å²) in [4.78, 5) is 42.0. The second kappa shape index (κ2) is 8.13. The van der Waals surface area contributed by atoms with Crippen molar-refractivity contribution in [3.63, 3.8) is 0 Å². The maximum absolute atomic E-state index is 13.5. The number of rotatable bonds is 4. The number of carbonyl (C=O) groups excluding carboxylic acids is 3. The molecule has 6 rings (SSSR count). The van der Waals surface area contributed by atoms with Crippen LogP contribution in [0.4, 0.5) is 4.79 Å². The van der Waals surface area contributed by atoms with Crippen LogP contribution in [0.2, 0.25) is 0 Å². The van der Waals surface area contributed by atoms with Crippen LogP contribution in [-0.2, 0) is 14.3 Å². The Balaban J connectivity index is 1.32. The van der Waals surface area contributed by atoms with Crippen molar-refractivity contribution in [1.29, 1.82) is 0 Å². The highest BCUT2D eigenvalue weighted by Gasteiger charge is 2.77. The fourth-order valence-electron chi connectivity index (χ4n) is 9.81. The molecule has 2 N–H and O–H groups in total. The van der Waals surface area contributed by atoms with Gasteiger partial charge in [-0.05, 0) is 74.2 Å². The van der Waals surface area contributed by atoms with Crippen LogP contribution >= 0.6 is 0 Å². The van der Waals surface area contributed by atoms with Gasteiger partial charge in [0, 0.05) is 36.3 Å². The lowest BCUT2D eigenvalue weighted by Gasteiger charge is -2.57. The Bertz CT molecular complexity index is 998. The molecule has 6 fully saturated rings. The smallest absolute Gasteiger partial charge is 0.414 e. The molecule has 7 nitrogen and oxygen atoms in total. The largest absolute Gasteiger partial charge is 0.445 e. The van der Waals surface area contributed by atoms with E-state index in [4.69, 9.17) is 4.74 Å². The molecule has 2 aliphatic heterocycles. The summed E-state index contributed by atoms with van der Waals surface area (Å²) >= 11 is 0. The minimum Gasteiger partial charge on any atom is -0.445 e. The number of amides is 2. The molecule has 6 aliphatic rings. The highest BCUT2D eigenvalue weighted by atomic mass is 16.6. The van der Waals surface area contributed by atoms with Crippen LogP contribution in [0.1, 0.15) is 65.7 Å². The van der Waals surface area contributed by atoms with E-state index < -0.39 is 23.7 Å². The number of aliphatic hydroxyl groups is 1. The van der Waals surface area contributed by atoms with Crippen LogP contribution in [0.25, 0.3) is 0 Å². The average Bonchev–Trinajstić information content (AvgIpc) is 3.14. The second-order valence-electron chi connectivity index (χ2n) is 13.5. The van der Waals surface area contributed by atoms with Gasteiger partial charge in [0.2, 0.25) is 5.91 Å². The van der Waals surface area contributed by atoms with Crippen molar-refractivity contribution < 1.29 is 24.2 Å². The molecule has 2 saturated heterocycles. The quantitative estimate of drug-likeness (QED) is 0.576. The van der Waals surface area contributed by atoms with Crippen molar-refractivity contribution in [1.82, 2.24) is 10.2 Å². The van der Waals surface area contributed by atoms with E-state index in [-0.39, 0.29) is 46.2 Å². The zero-order chi connectivity index (χ0) is 25.6. The maximum Gasteiger partial charge on any atom is 0.414 e. The number of imide groups is 1. The van der Waals surface area contributed by atoms with Gasteiger partial charge in [0.1, 0.15) is 11.9 Å². The Morgan fingerprint density at radius 1 is 1.25 bits per heavy atom. The number of hydrogen-bond donors (Lipinski definition) is 2. The Labute approximate surface area is 214 Å². The molecule has 2 amide bonds. The van der Waals surface area contributed by atoms with Gasteiger partial charge in [-0.3, -0.25) is 14.9 Å². The van der Waals surface area contributed by atoms with Gasteiger partial charge in [-0.15, -0.1) is 6.58 Å². The number of allylic oxidation sites excluding steroid dienone is 1. The predicted octanol–water partition coefficient (Wildman–Crippen LogP) is 3.55. The SMILES string of the molecule is C=CC(C)[C@]1(C)C[C@@H](OC(=O)NC(=O)[C@H]2CN3CC[C@@H]2C3)[C@]23C[C@@H]2CCC2(CCC(=O)C23)[C@@H](C)[C@@H]1O. The van der Waals surface area contributed by atoms with Crippen molar-refractivity contribution in [2.24, 2.45) is 51.8 Å². The molecule has 7 heteroatoms. The number of carbonyl (C=O) groups is 3. The standard InChI is InChI=1S/C29H42N2O5/c1-5-16(2)27(4)13-22(36-26(35)30-25(34)20-15-31-11-8-18(20)14-31)29-12-19(29)6-9-28(17(3)24(27)33)10-7-21(32)23(28)29/h5,16-20,22-24,33H,1,6-15H2,2-4H3,(H,30,34,35)/t16?,17-,18+,19-,20-,22+,23?,24-,27-,28?,29-/m0/s1. The number of hydrogen-bond acceptors (Lipinski definition) is 6. The highest BCUT2D eigenvalue weighted by molar-refractivity contribution is 5.93. The number of fused-ring (bicyclic) bond motifs is 2. The first kappa shape index (κ1) is 24.6. The van der Waals surface area contributed by atoms with Crippen molar-refractivity contribution in [3.8, 4) is 0 Å². The summed E-state index contributed by atoms with van der Waals surface area (Å²) in [5.41, 5.74) is -1.19. The zero-order valence-corrected chi connectivity index (χ0v) is 22.0. The van der Waals surface area contributed by atoms with Gasteiger partial charge < -0.3 is 14.7 Å². The van der Waals surface area contributed by atoms with Gasteiger partial charge in [-0.25, -0.2) is 4.79 Å². The fourth-order valence-corrected chi connectivity index (χ4v) is 9.81. The van der Waals surface area contributed by atoms with E-state index in [1.807, 2.05) is 6.08 Å². The number of ether oxygens (including phenoxy) is 1. The molecule has 12 atom stereocenters. The van der Waals surface area contributed by atoms with Crippen LogP contribution in [0.15, 0.2) is 12.7 Å². The third-order valence-corrected chi connectivity index (χ3v) is 12.2. The normalized spacial score (nSPS) is 51.4. The lowest BCUT2D eigenvalue weighted by atomic mass is 9.49. The summed E-state index contributed by atoms with van der Waals surface area (Å²) < 4.78 is 6.21. The van der Waals surface area contributed by atoms with Crippen molar-refractivity contribution in [2.45, 2.75) is 77.9 Å². The first-order chi connectivity index (χ1) is 17.1. The molecule has 198 valence electrons. The molecular formula is C29H42N2O5. The summed E-state index contributed by atoms with van der Waals surface area (Å²) in [6, 6.07) is 0. The lowest BCUT2D eigenvalue weighted by Crippen LogP contribution is -2.59. The fraction of sp³-hybridized carbons (Fsp3) is 0.828. The van der Waals surface area contributed by atoms with E-state index in [2.05, 4.69) is 37.6 Å². The summed E-state index contributed by atoms with van der Waals surface area (Å²) in [5.74, 6) is 0.333. The molecule has 0 aromatic rings.